The summed E-state index contributed by atoms with van der Waals surface area (Å²) in [5.74, 6) is 2.05. The third kappa shape index (κ3) is 2.42. The monoisotopic (exact) mass is 165 g/mol. The molecule has 62 valence electrons. The van der Waals surface area contributed by atoms with Gasteiger partial charge in [-0.25, -0.2) is 0 Å². The molecule has 1 amide bonds. The minimum absolute atomic E-state index is 0.419. The summed E-state index contributed by atoms with van der Waals surface area (Å²) in [6, 6.07) is 0. The van der Waals surface area contributed by atoms with E-state index in [1.54, 1.807) is 0 Å². The molecular formula is C7H7N3O2. The van der Waals surface area contributed by atoms with Gasteiger partial charge in [-0.3, -0.25) is 4.79 Å². The molecule has 0 aromatic carbocycles. The summed E-state index contributed by atoms with van der Waals surface area (Å²) in [4.78, 5) is 14.3. The third-order valence-corrected chi connectivity index (χ3v) is 1.17. The van der Waals surface area contributed by atoms with Crippen molar-refractivity contribution < 1.29 is 9.32 Å². The number of terminal acetylenes is 1. The molecule has 0 aliphatic heterocycles. The van der Waals surface area contributed by atoms with E-state index in [4.69, 9.17) is 6.42 Å². The molecule has 1 heterocycles. The van der Waals surface area contributed by atoms with Crippen LogP contribution >= 0.6 is 0 Å². The van der Waals surface area contributed by atoms with Gasteiger partial charge in [0.2, 0.25) is 6.39 Å². The number of nitrogens with one attached hydrogen (secondary N) is 1. The van der Waals surface area contributed by atoms with E-state index in [0.29, 0.717) is 18.8 Å². The summed E-state index contributed by atoms with van der Waals surface area (Å²) >= 11 is 0. The Morgan fingerprint density at radius 2 is 2.67 bits per heavy atom. The molecule has 1 aromatic rings. The molecular weight excluding hydrogens is 158 g/mol. The zero-order valence-corrected chi connectivity index (χ0v) is 6.28. The van der Waals surface area contributed by atoms with E-state index in [9.17, 15) is 4.79 Å². The minimum atomic E-state index is -0.432. The molecule has 0 aliphatic carbocycles. The Morgan fingerprint density at radius 1 is 1.83 bits per heavy atom. The van der Waals surface area contributed by atoms with E-state index in [0.717, 1.165) is 0 Å². The molecule has 0 atom stereocenters. The van der Waals surface area contributed by atoms with Crippen molar-refractivity contribution in [1.29, 1.82) is 0 Å². The highest BCUT2D eigenvalue weighted by Crippen LogP contribution is 1.87. The first-order valence-electron chi connectivity index (χ1n) is 3.32. The molecule has 5 nitrogen and oxygen atoms in total. The highest BCUT2D eigenvalue weighted by molar-refractivity contribution is 5.92. The molecule has 0 radical (unpaired) electrons. The van der Waals surface area contributed by atoms with Crippen LogP contribution in [-0.4, -0.2) is 22.6 Å². The van der Waals surface area contributed by atoms with Crippen LogP contribution in [0.15, 0.2) is 10.9 Å². The lowest BCUT2D eigenvalue weighted by Gasteiger charge is -1.95. The number of nitrogens with zero attached hydrogens (tertiary/aromatic N) is 2. The van der Waals surface area contributed by atoms with Gasteiger partial charge in [-0.15, -0.1) is 6.42 Å². The maximum absolute atomic E-state index is 10.5. The van der Waals surface area contributed by atoms with Crippen LogP contribution in [0.2, 0.25) is 0 Å². The molecule has 0 saturated carbocycles. The Balaban J connectivity index is 2.20. The van der Waals surface area contributed by atoms with Gasteiger partial charge in [0.15, 0.2) is 5.82 Å². The molecule has 0 unspecified atom stereocenters. The first-order valence-corrected chi connectivity index (χ1v) is 3.32. The summed E-state index contributed by atoms with van der Waals surface area (Å²) in [6.45, 7) is 0.419. The highest BCUT2D eigenvalue weighted by Gasteiger charge is 1.98. The molecule has 0 spiro atoms. The second kappa shape index (κ2) is 4.13. The van der Waals surface area contributed by atoms with E-state index in [-0.39, 0.29) is 0 Å². The summed E-state index contributed by atoms with van der Waals surface area (Å²) in [5, 5.41) is 6.02. The van der Waals surface area contributed by atoms with Crippen molar-refractivity contribution in [2.75, 3.05) is 6.54 Å². The molecule has 0 fully saturated rings. The van der Waals surface area contributed by atoms with Crippen LogP contribution in [0.3, 0.4) is 0 Å². The molecule has 0 bridgehead atoms. The molecule has 0 aliphatic rings. The molecule has 1 aromatic heterocycles. The number of rotatable bonds is 3. The van der Waals surface area contributed by atoms with Crippen LogP contribution in [0.4, 0.5) is 0 Å². The highest BCUT2D eigenvalue weighted by atomic mass is 16.5. The van der Waals surface area contributed by atoms with Crippen LogP contribution in [0.25, 0.3) is 0 Å². The molecule has 0 saturated heterocycles. The van der Waals surface area contributed by atoms with Crippen LogP contribution < -0.4 is 5.32 Å². The van der Waals surface area contributed by atoms with Crippen LogP contribution in [0.1, 0.15) is 5.82 Å². The van der Waals surface area contributed by atoms with Gasteiger partial charge in [0.25, 0.3) is 5.91 Å². The summed E-state index contributed by atoms with van der Waals surface area (Å²) in [5.41, 5.74) is 0. The second-order valence-corrected chi connectivity index (χ2v) is 2.00. The van der Waals surface area contributed by atoms with E-state index in [2.05, 4.69) is 20.0 Å². The van der Waals surface area contributed by atoms with Crippen LogP contribution in [0.5, 0.6) is 0 Å². The Bertz CT molecular complexity index is 286. The number of aromatic nitrogens is 2. The van der Waals surface area contributed by atoms with E-state index < -0.39 is 5.91 Å². The first kappa shape index (κ1) is 8.27. The predicted molar refractivity (Wildman–Crippen MR) is 39.8 cm³/mol. The van der Waals surface area contributed by atoms with Crippen molar-refractivity contribution in [2.24, 2.45) is 0 Å². The van der Waals surface area contributed by atoms with Crippen molar-refractivity contribution in [3.8, 4) is 12.3 Å². The van der Waals surface area contributed by atoms with Crippen molar-refractivity contribution in [2.45, 2.75) is 6.42 Å². The number of carbonyl (C=O) groups excluding carboxylic acids is 1. The van der Waals surface area contributed by atoms with Gasteiger partial charge in [0.05, 0.1) is 0 Å². The molecule has 1 rings (SSSR count). The smallest absolute Gasteiger partial charge is 0.295 e. The lowest BCUT2D eigenvalue weighted by molar-refractivity contribution is -0.115. The van der Waals surface area contributed by atoms with Crippen LogP contribution in [-0.2, 0) is 11.2 Å². The van der Waals surface area contributed by atoms with Crippen molar-refractivity contribution >= 4 is 5.91 Å². The van der Waals surface area contributed by atoms with Crippen molar-refractivity contribution in [1.82, 2.24) is 15.5 Å². The second-order valence-electron chi connectivity index (χ2n) is 2.00. The molecule has 5 heteroatoms. The maximum Gasteiger partial charge on any atom is 0.295 e. The summed E-state index contributed by atoms with van der Waals surface area (Å²) < 4.78 is 4.48. The van der Waals surface area contributed by atoms with Crippen molar-refractivity contribution in [3.05, 3.63) is 12.2 Å². The van der Waals surface area contributed by atoms with Gasteiger partial charge in [-0.1, -0.05) is 5.16 Å². The average molecular weight is 165 g/mol. The standard InChI is InChI=1S/C7H7N3O2/c1-2-7(11)8-4-3-6-9-5-12-10-6/h1,5H,3-4H2,(H,8,11). The largest absolute Gasteiger partial charge is 0.345 e. The predicted octanol–water partition coefficient (Wildman–Crippen LogP) is -0.639. The van der Waals surface area contributed by atoms with E-state index in [1.807, 2.05) is 5.92 Å². The topological polar surface area (TPSA) is 68.0 Å². The fourth-order valence-electron chi connectivity index (χ4n) is 0.641. The minimum Gasteiger partial charge on any atom is -0.345 e. The lowest BCUT2D eigenvalue weighted by atomic mass is 10.4. The van der Waals surface area contributed by atoms with Gasteiger partial charge in [-0.05, 0) is 5.92 Å². The summed E-state index contributed by atoms with van der Waals surface area (Å²) in [7, 11) is 0. The average Bonchev–Trinajstić information content (AvgIpc) is 2.57. The number of hydrogen-bond acceptors (Lipinski definition) is 4. The van der Waals surface area contributed by atoms with E-state index >= 15 is 0 Å². The Morgan fingerprint density at radius 3 is 3.25 bits per heavy atom. The zero-order chi connectivity index (χ0) is 8.81. The zero-order valence-electron chi connectivity index (χ0n) is 6.28. The molecule has 1 N–H and O–H groups in total. The van der Waals surface area contributed by atoms with Crippen LogP contribution in [0, 0.1) is 12.3 Å². The molecule has 12 heavy (non-hydrogen) atoms. The SMILES string of the molecule is C#CC(=O)NCCc1ncon1. The Hall–Kier alpha value is -1.83. The Kier molecular flexibility index (Phi) is 2.85. The van der Waals surface area contributed by atoms with Gasteiger partial charge in [-0.2, -0.15) is 4.98 Å². The van der Waals surface area contributed by atoms with Crippen molar-refractivity contribution in [3.63, 3.8) is 0 Å². The van der Waals surface area contributed by atoms with Gasteiger partial charge in [0.1, 0.15) is 0 Å². The Labute approximate surface area is 69.2 Å². The van der Waals surface area contributed by atoms with Gasteiger partial charge < -0.3 is 9.84 Å². The quantitative estimate of drug-likeness (QED) is 0.605. The fraction of sp³-hybridized carbons (Fsp3) is 0.286. The lowest BCUT2D eigenvalue weighted by Crippen LogP contribution is -2.24. The number of amides is 1. The fourth-order valence-corrected chi connectivity index (χ4v) is 0.641. The summed E-state index contributed by atoms with van der Waals surface area (Å²) in [6.07, 6.45) is 6.57. The maximum atomic E-state index is 10.5. The van der Waals surface area contributed by atoms with Gasteiger partial charge in [0, 0.05) is 13.0 Å². The first-order chi connectivity index (χ1) is 5.83. The number of carbonyl (C=O) groups is 1. The third-order valence-electron chi connectivity index (χ3n) is 1.17. The normalized spacial score (nSPS) is 8.92. The number of hydrogen-bond donors (Lipinski definition) is 1. The van der Waals surface area contributed by atoms with E-state index in [1.165, 1.54) is 6.39 Å². The van der Waals surface area contributed by atoms with Gasteiger partial charge >= 0.3 is 0 Å².